The van der Waals surface area contributed by atoms with Gasteiger partial charge in [-0.05, 0) is 35.9 Å². The van der Waals surface area contributed by atoms with Crippen molar-refractivity contribution in [3.63, 3.8) is 0 Å². The van der Waals surface area contributed by atoms with Gasteiger partial charge in [0.15, 0.2) is 0 Å². The number of ether oxygens (including phenoxy) is 1. The number of aromatic nitrogens is 2. The van der Waals surface area contributed by atoms with Gasteiger partial charge in [-0.1, -0.05) is 29.8 Å². The highest BCUT2D eigenvalue weighted by Crippen LogP contribution is 2.23. The second-order valence-electron chi connectivity index (χ2n) is 5.49. The van der Waals surface area contributed by atoms with Crippen LogP contribution in [0.5, 0.6) is 5.75 Å². The lowest BCUT2D eigenvalue weighted by atomic mass is 10.2. The van der Waals surface area contributed by atoms with Crippen molar-refractivity contribution < 1.29 is 22.7 Å². The Balaban J connectivity index is 1.70. The Labute approximate surface area is 157 Å². The Bertz CT molecular complexity index is 940. The summed E-state index contributed by atoms with van der Waals surface area (Å²) in [4.78, 5) is 12.3. The summed E-state index contributed by atoms with van der Waals surface area (Å²) in [6.07, 6.45) is -3.26. The Kier molecular flexibility index (Phi) is 5.36. The Morgan fingerprint density at radius 3 is 2.48 bits per heavy atom. The molecule has 1 amide bonds. The molecule has 3 aromatic rings. The summed E-state index contributed by atoms with van der Waals surface area (Å²) in [5.74, 6) is -0.465. The third-order valence-corrected chi connectivity index (χ3v) is 3.95. The van der Waals surface area contributed by atoms with Crippen LogP contribution in [-0.4, -0.2) is 22.1 Å². The molecular weight excluding hydrogens is 383 g/mol. The monoisotopic (exact) mass is 395 g/mol. The maximum atomic E-state index is 12.3. The van der Waals surface area contributed by atoms with Crippen molar-refractivity contribution in [3.05, 3.63) is 76.9 Å². The summed E-state index contributed by atoms with van der Waals surface area (Å²) in [5, 5.41) is 7.40. The van der Waals surface area contributed by atoms with Crippen molar-refractivity contribution >= 4 is 23.3 Å². The average Bonchev–Trinajstić information content (AvgIpc) is 3.03. The molecule has 0 fully saturated rings. The normalized spacial score (nSPS) is 11.3. The lowest BCUT2D eigenvalue weighted by molar-refractivity contribution is -0.274. The molecule has 1 N–H and O–H groups in total. The molecule has 0 saturated carbocycles. The zero-order valence-corrected chi connectivity index (χ0v) is 14.5. The molecule has 0 aliphatic carbocycles. The zero-order chi connectivity index (χ0) is 19.4. The van der Waals surface area contributed by atoms with Gasteiger partial charge in [0.25, 0.3) is 5.91 Å². The minimum absolute atomic E-state index is 0.176. The van der Waals surface area contributed by atoms with Gasteiger partial charge in [-0.2, -0.15) is 5.10 Å². The van der Waals surface area contributed by atoms with E-state index in [2.05, 4.69) is 15.2 Å². The van der Waals surface area contributed by atoms with Gasteiger partial charge in [0, 0.05) is 16.7 Å². The van der Waals surface area contributed by atoms with E-state index < -0.39 is 18.0 Å². The van der Waals surface area contributed by atoms with Crippen LogP contribution in [0.25, 0.3) is 0 Å². The molecule has 140 valence electrons. The van der Waals surface area contributed by atoms with Crippen LogP contribution >= 0.6 is 11.6 Å². The number of halogens is 4. The summed E-state index contributed by atoms with van der Waals surface area (Å²) in [6, 6.07) is 13.5. The number of hydrogen-bond acceptors (Lipinski definition) is 3. The van der Waals surface area contributed by atoms with E-state index in [0.29, 0.717) is 17.4 Å². The quantitative estimate of drug-likeness (QED) is 0.679. The molecule has 5 nitrogen and oxygen atoms in total. The van der Waals surface area contributed by atoms with E-state index >= 15 is 0 Å². The van der Waals surface area contributed by atoms with E-state index in [0.717, 1.165) is 17.7 Å². The van der Waals surface area contributed by atoms with Gasteiger partial charge in [0.05, 0.1) is 12.7 Å². The first-order chi connectivity index (χ1) is 12.8. The van der Waals surface area contributed by atoms with Crippen LogP contribution in [0.3, 0.4) is 0 Å². The fraction of sp³-hybridized carbons (Fsp3) is 0.111. The van der Waals surface area contributed by atoms with E-state index in [-0.39, 0.29) is 5.56 Å². The van der Waals surface area contributed by atoms with Crippen molar-refractivity contribution in [2.75, 3.05) is 5.32 Å². The molecule has 0 bridgehead atoms. The second-order valence-corrected chi connectivity index (χ2v) is 5.90. The van der Waals surface area contributed by atoms with Gasteiger partial charge in [0.1, 0.15) is 11.6 Å². The van der Waals surface area contributed by atoms with Crippen LogP contribution in [0.1, 0.15) is 15.9 Å². The maximum Gasteiger partial charge on any atom is 0.573 e. The number of amides is 1. The molecule has 0 atom stereocenters. The Morgan fingerprint density at radius 2 is 1.81 bits per heavy atom. The molecule has 0 aliphatic heterocycles. The third-order valence-electron chi connectivity index (χ3n) is 3.59. The minimum atomic E-state index is -4.78. The fourth-order valence-electron chi connectivity index (χ4n) is 2.35. The summed E-state index contributed by atoms with van der Waals surface area (Å²) in [6.45, 7) is 0.348. The lowest BCUT2D eigenvalue weighted by Crippen LogP contribution is -2.18. The van der Waals surface area contributed by atoms with Crippen LogP contribution in [0.15, 0.2) is 60.8 Å². The second kappa shape index (κ2) is 7.71. The van der Waals surface area contributed by atoms with Gasteiger partial charge < -0.3 is 10.1 Å². The summed E-state index contributed by atoms with van der Waals surface area (Å²) in [7, 11) is 0. The van der Waals surface area contributed by atoms with E-state index in [1.165, 1.54) is 18.3 Å². The SMILES string of the molecule is O=C(Nc1ccnn1Cc1ccccc1Cl)c1ccc(OC(F)(F)F)cc1. The first kappa shape index (κ1) is 18.8. The molecule has 0 aliphatic rings. The number of hydrogen-bond donors (Lipinski definition) is 1. The standard InChI is InChI=1S/C18H13ClF3N3O2/c19-15-4-2-1-3-13(15)11-25-16(9-10-23-25)24-17(26)12-5-7-14(8-6-12)27-18(20,21)22/h1-10H,11H2,(H,24,26). The van der Waals surface area contributed by atoms with Crippen molar-refractivity contribution in [1.82, 2.24) is 9.78 Å². The molecule has 1 heterocycles. The molecule has 9 heteroatoms. The number of benzene rings is 2. The van der Waals surface area contributed by atoms with Gasteiger partial charge in [0.2, 0.25) is 0 Å². The van der Waals surface area contributed by atoms with Crippen molar-refractivity contribution in [3.8, 4) is 5.75 Å². The fourth-order valence-corrected chi connectivity index (χ4v) is 2.54. The number of anilines is 1. The van der Waals surface area contributed by atoms with Crippen LogP contribution in [0.4, 0.5) is 19.0 Å². The van der Waals surface area contributed by atoms with Gasteiger partial charge in [-0.3, -0.25) is 4.79 Å². The van der Waals surface area contributed by atoms with Crippen LogP contribution in [0.2, 0.25) is 5.02 Å². The average molecular weight is 396 g/mol. The number of nitrogens with one attached hydrogen (secondary N) is 1. The predicted octanol–water partition coefficient (Wildman–Crippen LogP) is 4.74. The highest BCUT2D eigenvalue weighted by molar-refractivity contribution is 6.31. The number of carbonyl (C=O) groups is 1. The molecule has 2 aromatic carbocycles. The summed E-state index contributed by atoms with van der Waals surface area (Å²) >= 11 is 6.14. The lowest BCUT2D eigenvalue weighted by Gasteiger charge is -2.11. The summed E-state index contributed by atoms with van der Waals surface area (Å²) in [5.41, 5.74) is 1.00. The van der Waals surface area contributed by atoms with E-state index in [4.69, 9.17) is 11.6 Å². The van der Waals surface area contributed by atoms with Gasteiger partial charge >= 0.3 is 6.36 Å². The summed E-state index contributed by atoms with van der Waals surface area (Å²) < 4.78 is 41.9. The highest BCUT2D eigenvalue weighted by Gasteiger charge is 2.31. The molecule has 1 aromatic heterocycles. The first-order valence-corrected chi connectivity index (χ1v) is 8.12. The van der Waals surface area contributed by atoms with Gasteiger partial charge in [-0.25, -0.2) is 4.68 Å². The number of nitrogens with zero attached hydrogens (tertiary/aromatic N) is 2. The first-order valence-electron chi connectivity index (χ1n) is 7.74. The number of rotatable bonds is 5. The molecule has 0 radical (unpaired) electrons. The number of alkyl halides is 3. The van der Waals surface area contributed by atoms with Gasteiger partial charge in [-0.15, -0.1) is 13.2 Å². The topological polar surface area (TPSA) is 56.2 Å². The van der Waals surface area contributed by atoms with E-state index in [1.807, 2.05) is 18.2 Å². The van der Waals surface area contributed by atoms with E-state index in [9.17, 15) is 18.0 Å². The predicted molar refractivity (Wildman–Crippen MR) is 93.9 cm³/mol. The van der Waals surface area contributed by atoms with Crippen LogP contribution in [-0.2, 0) is 6.54 Å². The van der Waals surface area contributed by atoms with Crippen LogP contribution in [0, 0.1) is 0 Å². The van der Waals surface area contributed by atoms with Crippen molar-refractivity contribution in [1.29, 1.82) is 0 Å². The highest BCUT2D eigenvalue weighted by atomic mass is 35.5. The Morgan fingerprint density at radius 1 is 1.11 bits per heavy atom. The molecule has 0 unspecified atom stereocenters. The maximum absolute atomic E-state index is 12.3. The molecular formula is C18H13ClF3N3O2. The molecule has 27 heavy (non-hydrogen) atoms. The molecule has 0 spiro atoms. The third kappa shape index (κ3) is 5.01. The van der Waals surface area contributed by atoms with Crippen molar-refractivity contribution in [2.24, 2.45) is 0 Å². The largest absolute Gasteiger partial charge is 0.573 e. The smallest absolute Gasteiger partial charge is 0.406 e. The van der Waals surface area contributed by atoms with Crippen LogP contribution < -0.4 is 10.1 Å². The van der Waals surface area contributed by atoms with Crippen molar-refractivity contribution in [2.45, 2.75) is 12.9 Å². The molecule has 0 saturated heterocycles. The number of carbonyl (C=O) groups excluding carboxylic acids is 1. The minimum Gasteiger partial charge on any atom is -0.406 e. The zero-order valence-electron chi connectivity index (χ0n) is 13.7. The van der Waals surface area contributed by atoms with E-state index in [1.54, 1.807) is 16.8 Å². The Hall–Kier alpha value is -3.00. The molecule has 3 rings (SSSR count).